The van der Waals surface area contributed by atoms with Crippen molar-refractivity contribution in [3.63, 3.8) is 0 Å². The number of carbonyl (C=O) groups excluding carboxylic acids is 1. The zero-order chi connectivity index (χ0) is 14.1. The Morgan fingerprint density at radius 2 is 1.89 bits per heavy atom. The van der Waals surface area contributed by atoms with Crippen LogP contribution in [0.1, 0.15) is 25.8 Å². The second kappa shape index (κ2) is 8.94. The summed E-state index contributed by atoms with van der Waals surface area (Å²) >= 11 is 5.82. The first-order chi connectivity index (χ1) is 9.08. The van der Waals surface area contributed by atoms with Gasteiger partial charge in [0, 0.05) is 24.5 Å². The predicted molar refractivity (Wildman–Crippen MR) is 80.5 cm³/mol. The molecule has 3 nitrogen and oxygen atoms in total. The lowest BCUT2D eigenvalue weighted by molar-refractivity contribution is -0.121. The lowest BCUT2D eigenvalue weighted by Crippen LogP contribution is -2.30. The summed E-state index contributed by atoms with van der Waals surface area (Å²) in [5.74, 6) is 0.620. The highest BCUT2D eigenvalue weighted by Gasteiger charge is 2.01. The molecule has 0 aliphatic rings. The molecule has 0 aliphatic heterocycles. The second-order valence-corrected chi connectivity index (χ2v) is 5.51. The molecular formula is C15H23ClN2O. The number of halogens is 1. The molecule has 19 heavy (non-hydrogen) atoms. The van der Waals surface area contributed by atoms with Gasteiger partial charge >= 0.3 is 0 Å². The van der Waals surface area contributed by atoms with Gasteiger partial charge in [-0.05, 0) is 36.6 Å². The van der Waals surface area contributed by atoms with E-state index in [9.17, 15) is 4.79 Å². The molecule has 1 amide bonds. The van der Waals surface area contributed by atoms with Gasteiger partial charge in [0.1, 0.15) is 0 Å². The summed E-state index contributed by atoms with van der Waals surface area (Å²) in [6.45, 7) is 6.52. The van der Waals surface area contributed by atoms with Gasteiger partial charge in [-0.2, -0.15) is 0 Å². The van der Waals surface area contributed by atoms with Gasteiger partial charge in [0.2, 0.25) is 5.91 Å². The third-order valence-electron chi connectivity index (χ3n) is 2.74. The van der Waals surface area contributed by atoms with E-state index in [0.29, 0.717) is 12.3 Å². The van der Waals surface area contributed by atoms with E-state index < -0.39 is 0 Å². The van der Waals surface area contributed by atoms with Crippen LogP contribution in [0.2, 0.25) is 5.02 Å². The van der Waals surface area contributed by atoms with Gasteiger partial charge in [-0.3, -0.25) is 4.79 Å². The van der Waals surface area contributed by atoms with Gasteiger partial charge in [0.25, 0.3) is 0 Å². The minimum Gasteiger partial charge on any atom is -0.356 e. The van der Waals surface area contributed by atoms with Gasteiger partial charge in [0.05, 0.1) is 0 Å². The van der Waals surface area contributed by atoms with Crippen LogP contribution < -0.4 is 10.6 Å². The quantitative estimate of drug-likeness (QED) is 0.720. The largest absolute Gasteiger partial charge is 0.356 e. The Labute approximate surface area is 120 Å². The van der Waals surface area contributed by atoms with E-state index in [2.05, 4.69) is 24.5 Å². The van der Waals surface area contributed by atoms with Gasteiger partial charge < -0.3 is 10.6 Å². The van der Waals surface area contributed by atoms with Crippen LogP contribution in [0.3, 0.4) is 0 Å². The van der Waals surface area contributed by atoms with E-state index in [1.165, 1.54) is 5.56 Å². The Morgan fingerprint density at radius 1 is 1.21 bits per heavy atom. The van der Waals surface area contributed by atoms with Gasteiger partial charge in [-0.15, -0.1) is 0 Å². The average Bonchev–Trinajstić information content (AvgIpc) is 2.38. The lowest BCUT2D eigenvalue weighted by Gasteiger charge is -2.08. The summed E-state index contributed by atoms with van der Waals surface area (Å²) in [7, 11) is 0. The Kier molecular flexibility index (Phi) is 7.53. The molecule has 0 aliphatic carbocycles. The highest BCUT2D eigenvalue weighted by molar-refractivity contribution is 6.30. The minimum atomic E-state index is 0.118. The lowest BCUT2D eigenvalue weighted by atomic mass is 10.1. The third kappa shape index (κ3) is 7.85. The fraction of sp³-hybridized carbons (Fsp3) is 0.533. The standard InChI is InChI=1S/C15H23ClN2O/c1-12(2)11-18-15(19)8-10-17-9-7-13-3-5-14(16)6-4-13/h3-6,12,17H,7-11H2,1-2H3,(H,18,19). The molecule has 106 valence electrons. The molecular weight excluding hydrogens is 260 g/mol. The number of amides is 1. The zero-order valence-corrected chi connectivity index (χ0v) is 12.5. The van der Waals surface area contributed by atoms with Crippen molar-refractivity contribution in [3.8, 4) is 0 Å². The van der Waals surface area contributed by atoms with Crippen LogP contribution in [0.4, 0.5) is 0 Å². The van der Waals surface area contributed by atoms with Crippen molar-refractivity contribution in [1.82, 2.24) is 10.6 Å². The second-order valence-electron chi connectivity index (χ2n) is 5.07. The van der Waals surface area contributed by atoms with Crippen LogP contribution in [0.25, 0.3) is 0 Å². The summed E-state index contributed by atoms with van der Waals surface area (Å²) in [5.41, 5.74) is 1.25. The smallest absolute Gasteiger partial charge is 0.221 e. The Bertz CT molecular complexity index is 376. The van der Waals surface area contributed by atoms with Crippen LogP contribution in [0, 0.1) is 5.92 Å². The molecule has 0 bridgehead atoms. The number of benzene rings is 1. The number of nitrogens with one attached hydrogen (secondary N) is 2. The van der Waals surface area contributed by atoms with Crippen LogP contribution in [0.5, 0.6) is 0 Å². The van der Waals surface area contributed by atoms with Crippen molar-refractivity contribution < 1.29 is 4.79 Å². The summed E-state index contributed by atoms with van der Waals surface area (Å²) in [6, 6.07) is 7.85. The van der Waals surface area contributed by atoms with E-state index >= 15 is 0 Å². The van der Waals surface area contributed by atoms with Crippen molar-refractivity contribution in [2.75, 3.05) is 19.6 Å². The van der Waals surface area contributed by atoms with Crippen molar-refractivity contribution in [2.45, 2.75) is 26.7 Å². The number of carbonyl (C=O) groups is 1. The Hall–Kier alpha value is -1.06. The molecule has 1 aromatic rings. The summed E-state index contributed by atoms with van der Waals surface area (Å²) in [5, 5.41) is 6.94. The van der Waals surface area contributed by atoms with E-state index in [0.717, 1.165) is 31.1 Å². The zero-order valence-electron chi connectivity index (χ0n) is 11.7. The average molecular weight is 283 g/mol. The summed E-state index contributed by atoms with van der Waals surface area (Å²) in [4.78, 5) is 11.5. The molecule has 1 rings (SSSR count). The molecule has 0 saturated carbocycles. The van der Waals surface area contributed by atoms with Crippen LogP contribution >= 0.6 is 11.6 Å². The molecule has 0 spiro atoms. The van der Waals surface area contributed by atoms with Crippen molar-refractivity contribution in [1.29, 1.82) is 0 Å². The molecule has 4 heteroatoms. The molecule has 0 saturated heterocycles. The molecule has 0 aromatic heterocycles. The molecule has 0 atom stereocenters. The number of hydrogen-bond acceptors (Lipinski definition) is 2. The first-order valence-corrected chi connectivity index (χ1v) is 7.17. The molecule has 0 fully saturated rings. The highest BCUT2D eigenvalue weighted by atomic mass is 35.5. The third-order valence-corrected chi connectivity index (χ3v) is 2.99. The molecule has 2 N–H and O–H groups in total. The maximum Gasteiger partial charge on any atom is 0.221 e. The maximum absolute atomic E-state index is 11.5. The van der Waals surface area contributed by atoms with Gasteiger partial charge in [-0.1, -0.05) is 37.6 Å². The van der Waals surface area contributed by atoms with Crippen molar-refractivity contribution in [3.05, 3.63) is 34.9 Å². The van der Waals surface area contributed by atoms with E-state index in [-0.39, 0.29) is 5.91 Å². The van der Waals surface area contributed by atoms with Crippen LogP contribution in [-0.4, -0.2) is 25.5 Å². The predicted octanol–water partition coefficient (Wildman–Crippen LogP) is 2.63. The van der Waals surface area contributed by atoms with Crippen molar-refractivity contribution >= 4 is 17.5 Å². The Morgan fingerprint density at radius 3 is 2.53 bits per heavy atom. The normalized spacial score (nSPS) is 10.7. The van der Waals surface area contributed by atoms with Crippen LogP contribution in [0.15, 0.2) is 24.3 Å². The molecule has 0 unspecified atom stereocenters. The highest BCUT2D eigenvalue weighted by Crippen LogP contribution is 2.09. The number of rotatable bonds is 8. The minimum absolute atomic E-state index is 0.118. The monoisotopic (exact) mass is 282 g/mol. The number of hydrogen-bond donors (Lipinski definition) is 2. The fourth-order valence-corrected chi connectivity index (χ4v) is 1.74. The first kappa shape index (κ1) is 16.0. The Balaban J connectivity index is 2.05. The molecule has 0 radical (unpaired) electrons. The topological polar surface area (TPSA) is 41.1 Å². The first-order valence-electron chi connectivity index (χ1n) is 6.80. The van der Waals surface area contributed by atoms with E-state index in [4.69, 9.17) is 11.6 Å². The fourth-order valence-electron chi connectivity index (χ4n) is 1.62. The molecule has 1 aromatic carbocycles. The van der Waals surface area contributed by atoms with Crippen LogP contribution in [-0.2, 0) is 11.2 Å². The van der Waals surface area contributed by atoms with Gasteiger partial charge in [0.15, 0.2) is 0 Å². The molecule has 0 heterocycles. The summed E-state index contributed by atoms with van der Waals surface area (Å²) < 4.78 is 0. The maximum atomic E-state index is 11.5. The SMILES string of the molecule is CC(C)CNC(=O)CCNCCc1ccc(Cl)cc1. The summed E-state index contributed by atoms with van der Waals surface area (Å²) in [6.07, 6.45) is 1.48. The van der Waals surface area contributed by atoms with E-state index in [1.807, 2.05) is 24.3 Å². The van der Waals surface area contributed by atoms with E-state index in [1.54, 1.807) is 0 Å². The van der Waals surface area contributed by atoms with Crippen molar-refractivity contribution in [2.24, 2.45) is 5.92 Å². The van der Waals surface area contributed by atoms with Gasteiger partial charge in [-0.25, -0.2) is 0 Å².